The molecule has 0 radical (unpaired) electrons. The minimum absolute atomic E-state index is 0.169. The minimum atomic E-state index is -4.62. The van der Waals surface area contributed by atoms with E-state index in [0.717, 1.165) is 17.3 Å². The van der Waals surface area contributed by atoms with Crippen molar-refractivity contribution in [1.82, 2.24) is 15.2 Å². The van der Waals surface area contributed by atoms with Crippen LogP contribution < -0.4 is 0 Å². The Kier molecular flexibility index (Phi) is 4.11. The van der Waals surface area contributed by atoms with E-state index in [1.807, 2.05) is 18.2 Å². The highest BCUT2D eigenvalue weighted by Crippen LogP contribution is 2.26. The molecule has 0 amide bonds. The Hall–Kier alpha value is -1.54. The molecule has 1 unspecified atom stereocenters. The lowest BCUT2D eigenvalue weighted by Gasteiger charge is -2.12. The number of thioether (sulfide) groups is 1. The first-order valence-electron chi connectivity index (χ1n) is 5.32. The van der Waals surface area contributed by atoms with E-state index in [4.69, 9.17) is 5.11 Å². The number of aromatic amines is 1. The SMILES string of the molecule is OC(CSc1n[nH]c(-c2ccccc2)n1)C(F)(F)F. The third kappa shape index (κ3) is 3.71. The molecule has 102 valence electrons. The summed E-state index contributed by atoms with van der Waals surface area (Å²) in [7, 11) is 0. The number of aliphatic hydroxyl groups excluding tert-OH is 1. The maximum Gasteiger partial charge on any atom is 0.415 e. The van der Waals surface area contributed by atoms with Crippen molar-refractivity contribution in [3.63, 3.8) is 0 Å². The van der Waals surface area contributed by atoms with Gasteiger partial charge >= 0.3 is 6.18 Å². The maximum absolute atomic E-state index is 12.1. The third-order valence-corrected chi connectivity index (χ3v) is 3.18. The molecular weight excluding hydrogens is 279 g/mol. The van der Waals surface area contributed by atoms with E-state index in [0.29, 0.717) is 5.82 Å². The zero-order valence-corrected chi connectivity index (χ0v) is 10.4. The molecule has 2 aromatic rings. The summed E-state index contributed by atoms with van der Waals surface area (Å²) in [4.78, 5) is 4.05. The number of nitrogens with one attached hydrogen (secondary N) is 1. The van der Waals surface area contributed by atoms with Gasteiger partial charge in [0.25, 0.3) is 0 Å². The molecule has 0 saturated carbocycles. The molecule has 1 aromatic carbocycles. The highest BCUT2D eigenvalue weighted by Gasteiger charge is 2.38. The lowest BCUT2D eigenvalue weighted by atomic mass is 10.2. The Labute approximate surface area is 111 Å². The number of rotatable bonds is 4. The lowest BCUT2D eigenvalue weighted by Crippen LogP contribution is -2.30. The molecule has 2 N–H and O–H groups in total. The van der Waals surface area contributed by atoms with E-state index < -0.39 is 18.0 Å². The highest BCUT2D eigenvalue weighted by molar-refractivity contribution is 7.99. The molecule has 1 aromatic heterocycles. The van der Waals surface area contributed by atoms with Crippen LogP contribution in [0, 0.1) is 0 Å². The van der Waals surface area contributed by atoms with E-state index in [-0.39, 0.29) is 5.16 Å². The van der Waals surface area contributed by atoms with Crippen LogP contribution in [-0.4, -0.2) is 38.3 Å². The van der Waals surface area contributed by atoms with Crippen LogP contribution in [0.1, 0.15) is 0 Å². The van der Waals surface area contributed by atoms with Crippen LogP contribution in [0.4, 0.5) is 13.2 Å². The Bertz CT molecular complexity index is 529. The number of halogens is 3. The number of aliphatic hydroxyl groups is 1. The van der Waals surface area contributed by atoms with Crippen LogP contribution in [-0.2, 0) is 0 Å². The second-order valence-corrected chi connectivity index (χ2v) is 4.69. The molecule has 8 heteroatoms. The number of hydrogen-bond acceptors (Lipinski definition) is 4. The molecule has 4 nitrogen and oxygen atoms in total. The van der Waals surface area contributed by atoms with Gasteiger partial charge in [0.2, 0.25) is 5.16 Å². The Morgan fingerprint density at radius 3 is 2.58 bits per heavy atom. The second kappa shape index (κ2) is 5.62. The second-order valence-electron chi connectivity index (χ2n) is 3.70. The van der Waals surface area contributed by atoms with Crippen LogP contribution in [0.3, 0.4) is 0 Å². The Morgan fingerprint density at radius 2 is 1.95 bits per heavy atom. The van der Waals surface area contributed by atoms with Gasteiger partial charge in [-0.15, -0.1) is 5.10 Å². The number of nitrogens with zero attached hydrogens (tertiary/aromatic N) is 2. The van der Waals surface area contributed by atoms with Gasteiger partial charge in [0.1, 0.15) is 0 Å². The first kappa shape index (κ1) is 13.9. The molecule has 0 fully saturated rings. The average Bonchev–Trinajstić information content (AvgIpc) is 2.84. The molecule has 0 bridgehead atoms. The van der Waals surface area contributed by atoms with E-state index >= 15 is 0 Å². The fourth-order valence-corrected chi connectivity index (χ4v) is 2.05. The summed E-state index contributed by atoms with van der Waals surface area (Å²) in [5.41, 5.74) is 0.790. The topological polar surface area (TPSA) is 61.8 Å². The fraction of sp³-hybridized carbons (Fsp3) is 0.273. The quantitative estimate of drug-likeness (QED) is 0.849. The van der Waals surface area contributed by atoms with Crippen molar-refractivity contribution in [2.75, 3.05) is 5.75 Å². The van der Waals surface area contributed by atoms with Crippen molar-refractivity contribution < 1.29 is 18.3 Å². The van der Waals surface area contributed by atoms with E-state index in [1.54, 1.807) is 12.1 Å². The van der Waals surface area contributed by atoms with Crippen LogP contribution in [0.15, 0.2) is 35.5 Å². The van der Waals surface area contributed by atoms with E-state index in [2.05, 4.69) is 15.2 Å². The summed E-state index contributed by atoms with van der Waals surface area (Å²) in [6, 6.07) is 9.09. The maximum atomic E-state index is 12.1. The summed E-state index contributed by atoms with van der Waals surface area (Å²) >= 11 is 0.747. The lowest BCUT2D eigenvalue weighted by molar-refractivity contribution is -0.195. The predicted octanol–water partition coefficient (Wildman–Crippen LogP) is 2.49. The average molecular weight is 289 g/mol. The van der Waals surface area contributed by atoms with Gasteiger partial charge in [-0.2, -0.15) is 13.2 Å². The Morgan fingerprint density at radius 1 is 1.26 bits per heavy atom. The summed E-state index contributed by atoms with van der Waals surface area (Å²) in [6.07, 6.45) is -7.00. The molecule has 1 atom stereocenters. The number of benzene rings is 1. The van der Waals surface area contributed by atoms with E-state index in [1.165, 1.54) is 0 Å². The molecule has 2 rings (SSSR count). The van der Waals surface area contributed by atoms with Crippen LogP contribution in [0.2, 0.25) is 0 Å². The zero-order valence-electron chi connectivity index (χ0n) is 9.55. The van der Waals surface area contributed by atoms with Gasteiger partial charge in [-0.05, 0) is 0 Å². The molecule has 19 heavy (non-hydrogen) atoms. The molecule has 0 saturated heterocycles. The number of alkyl halides is 3. The molecule has 1 heterocycles. The van der Waals surface area contributed by atoms with Crippen molar-refractivity contribution in [2.45, 2.75) is 17.4 Å². The largest absolute Gasteiger partial charge is 0.415 e. The normalized spacial score (nSPS) is 13.5. The van der Waals surface area contributed by atoms with Gasteiger partial charge in [-0.25, -0.2) is 4.98 Å². The van der Waals surface area contributed by atoms with Crippen molar-refractivity contribution in [3.8, 4) is 11.4 Å². The third-order valence-electron chi connectivity index (χ3n) is 2.26. The first-order chi connectivity index (χ1) is 8.97. The van der Waals surface area contributed by atoms with Gasteiger partial charge in [0, 0.05) is 11.3 Å². The molecule has 0 aliphatic carbocycles. The number of aromatic nitrogens is 3. The molecular formula is C11H10F3N3OS. The summed E-state index contributed by atoms with van der Waals surface area (Å²) in [5, 5.41) is 15.5. The van der Waals surface area contributed by atoms with Gasteiger partial charge in [0.05, 0.1) is 0 Å². The first-order valence-corrected chi connectivity index (χ1v) is 6.31. The fourth-order valence-electron chi connectivity index (χ4n) is 1.28. The van der Waals surface area contributed by atoms with Crippen molar-refractivity contribution in [1.29, 1.82) is 0 Å². The van der Waals surface area contributed by atoms with Crippen LogP contribution in [0.25, 0.3) is 11.4 Å². The molecule has 0 aliphatic rings. The van der Waals surface area contributed by atoms with Crippen molar-refractivity contribution in [3.05, 3.63) is 30.3 Å². The standard InChI is InChI=1S/C11H10F3N3OS/c12-11(13,14)8(18)6-19-10-15-9(16-17-10)7-4-2-1-3-5-7/h1-5,8,18H,6H2,(H,15,16,17). The van der Waals surface area contributed by atoms with Crippen LogP contribution in [0.5, 0.6) is 0 Å². The monoisotopic (exact) mass is 289 g/mol. The predicted molar refractivity (Wildman–Crippen MR) is 64.6 cm³/mol. The summed E-state index contributed by atoms with van der Waals surface area (Å²) < 4.78 is 36.3. The van der Waals surface area contributed by atoms with Crippen molar-refractivity contribution >= 4 is 11.8 Å². The molecule has 0 aliphatic heterocycles. The smallest absolute Gasteiger partial charge is 0.383 e. The molecule has 0 spiro atoms. The summed E-state index contributed by atoms with van der Waals surface area (Å²) in [6.45, 7) is 0. The number of H-pyrrole nitrogens is 1. The van der Waals surface area contributed by atoms with Gasteiger partial charge in [-0.3, -0.25) is 5.10 Å². The van der Waals surface area contributed by atoms with E-state index in [9.17, 15) is 13.2 Å². The van der Waals surface area contributed by atoms with Crippen molar-refractivity contribution in [2.24, 2.45) is 0 Å². The van der Waals surface area contributed by atoms with Gasteiger partial charge < -0.3 is 5.11 Å². The summed E-state index contributed by atoms with van der Waals surface area (Å²) in [5.74, 6) is -0.0557. The van der Waals surface area contributed by atoms with Gasteiger partial charge in [-0.1, -0.05) is 42.1 Å². The number of hydrogen-bond donors (Lipinski definition) is 2. The highest BCUT2D eigenvalue weighted by atomic mass is 32.2. The Balaban J connectivity index is 1.99. The zero-order chi connectivity index (χ0) is 13.9. The van der Waals surface area contributed by atoms with Gasteiger partial charge in [0.15, 0.2) is 11.9 Å². The van der Waals surface area contributed by atoms with Crippen LogP contribution >= 0.6 is 11.8 Å². The minimum Gasteiger partial charge on any atom is -0.383 e.